The Labute approximate surface area is 127 Å². The Balaban J connectivity index is 1.66. The lowest BCUT2D eigenvalue weighted by Crippen LogP contribution is -2.30. The maximum absolute atomic E-state index is 11.6. The van der Waals surface area contributed by atoms with E-state index in [1.807, 2.05) is 18.2 Å². The van der Waals surface area contributed by atoms with Gasteiger partial charge in [0.2, 0.25) is 0 Å². The second-order valence-corrected chi connectivity index (χ2v) is 5.65. The third kappa shape index (κ3) is 5.15. The summed E-state index contributed by atoms with van der Waals surface area (Å²) >= 11 is 7.49. The van der Waals surface area contributed by atoms with Crippen molar-refractivity contribution in [3.8, 4) is 0 Å². The van der Waals surface area contributed by atoms with Crippen molar-refractivity contribution in [1.82, 2.24) is 5.32 Å². The highest BCUT2D eigenvalue weighted by molar-refractivity contribution is 7.99. The summed E-state index contributed by atoms with van der Waals surface area (Å²) in [6.07, 6.45) is 0. The minimum atomic E-state index is -0.207. The molecule has 0 fully saturated rings. The highest BCUT2D eigenvalue weighted by atomic mass is 35.5. The predicted molar refractivity (Wildman–Crippen MR) is 85.6 cm³/mol. The number of hydrogen-bond acceptors (Lipinski definition) is 2. The summed E-state index contributed by atoms with van der Waals surface area (Å²) in [6, 6.07) is 16.9. The Kier molecular flexibility index (Phi) is 5.77. The van der Waals surface area contributed by atoms with Gasteiger partial charge in [-0.2, -0.15) is 0 Å². The van der Waals surface area contributed by atoms with Gasteiger partial charge in [-0.1, -0.05) is 29.8 Å². The summed E-state index contributed by atoms with van der Waals surface area (Å²) in [5, 5.41) is 6.21. The van der Waals surface area contributed by atoms with Crippen LogP contribution in [0.2, 0.25) is 5.02 Å². The molecule has 0 aromatic heterocycles. The predicted octanol–water partition coefficient (Wildman–Crippen LogP) is 4.25. The van der Waals surface area contributed by atoms with Crippen molar-refractivity contribution in [3.63, 3.8) is 0 Å². The van der Waals surface area contributed by atoms with Crippen LogP contribution < -0.4 is 10.6 Å². The Bertz CT molecular complexity index is 546. The zero-order valence-corrected chi connectivity index (χ0v) is 12.4. The largest absolute Gasteiger partial charge is 0.337 e. The van der Waals surface area contributed by atoms with E-state index in [0.29, 0.717) is 11.6 Å². The summed E-state index contributed by atoms with van der Waals surface area (Å²) in [7, 11) is 0. The quantitative estimate of drug-likeness (QED) is 0.640. The molecule has 2 rings (SSSR count). The number of benzene rings is 2. The molecule has 5 heteroatoms. The first-order valence-electron chi connectivity index (χ1n) is 6.22. The van der Waals surface area contributed by atoms with Crippen molar-refractivity contribution < 1.29 is 4.79 Å². The van der Waals surface area contributed by atoms with Crippen molar-refractivity contribution in [2.75, 3.05) is 17.6 Å². The minimum Gasteiger partial charge on any atom is -0.337 e. The molecule has 2 N–H and O–H groups in total. The lowest BCUT2D eigenvalue weighted by Gasteiger charge is -2.07. The molecule has 0 saturated carbocycles. The molecule has 0 aliphatic heterocycles. The van der Waals surface area contributed by atoms with Crippen molar-refractivity contribution in [1.29, 1.82) is 0 Å². The number of hydrogen-bond donors (Lipinski definition) is 2. The molecule has 0 bridgehead atoms. The number of rotatable bonds is 5. The fourth-order valence-electron chi connectivity index (χ4n) is 1.56. The van der Waals surface area contributed by atoms with Crippen LogP contribution in [0.4, 0.5) is 10.5 Å². The highest BCUT2D eigenvalue weighted by Gasteiger charge is 2.01. The van der Waals surface area contributed by atoms with Gasteiger partial charge < -0.3 is 10.6 Å². The van der Waals surface area contributed by atoms with E-state index in [1.165, 1.54) is 4.90 Å². The van der Waals surface area contributed by atoms with Crippen LogP contribution in [0.1, 0.15) is 0 Å². The second kappa shape index (κ2) is 7.82. The number of amides is 2. The average molecular weight is 307 g/mol. The molecule has 104 valence electrons. The van der Waals surface area contributed by atoms with E-state index in [9.17, 15) is 4.79 Å². The van der Waals surface area contributed by atoms with Crippen LogP contribution in [0.15, 0.2) is 59.5 Å². The van der Waals surface area contributed by atoms with Crippen molar-refractivity contribution in [2.45, 2.75) is 4.90 Å². The molecule has 2 amide bonds. The molecular formula is C15H15ClN2OS. The van der Waals surface area contributed by atoms with Crippen LogP contribution in [0, 0.1) is 0 Å². The van der Waals surface area contributed by atoms with Crippen LogP contribution in [-0.2, 0) is 0 Å². The van der Waals surface area contributed by atoms with Crippen LogP contribution in [0.3, 0.4) is 0 Å². The Hall–Kier alpha value is -1.65. The van der Waals surface area contributed by atoms with Crippen molar-refractivity contribution in [2.24, 2.45) is 0 Å². The van der Waals surface area contributed by atoms with Gasteiger partial charge >= 0.3 is 6.03 Å². The van der Waals surface area contributed by atoms with Gasteiger partial charge in [0, 0.05) is 27.9 Å². The van der Waals surface area contributed by atoms with Gasteiger partial charge in [0.05, 0.1) is 0 Å². The maximum atomic E-state index is 11.6. The van der Waals surface area contributed by atoms with Gasteiger partial charge in [0.1, 0.15) is 0 Å². The van der Waals surface area contributed by atoms with Gasteiger partial charge in [0.15, 0.2) is 0 Å². The molecule has 0 unspecified atom stereocenters. The van der Waals surface area contributed by atoms with Gasteiger partial charge in [-0.3, -0.25) is 0 Å². The van der Waals surface area contributed by atoms with E-state index in [0.717, 1.165) is 11.4 Å². The van der Waals surface area contributed by atoms with E-state index in [2.05, 4.69) is 22.8 Å². The molecule has 0 radical (unpaired) electrons. The van der Waals surface area contributed by atoms with Gasteiger partial charge in [0.25, 0.3) is 0 Å². The number of nitrogens with one attached hydrogen (secondary N) is 2. The van der Waals surface area contributed by atoms with Crippen LogP contribution in [0.25, 0.3) is 0 Å². The molecule has 20 heavy (non-hydrogen) atoms. The monoisotopic (exact) mass is 306 g/mol. The van der Waals surface area contributed by atoms with Gasteiger partial charge in [-0.25, -0.2) is 4.79 Å². The molecular weight excluding hydrogens is 292 g/mol. The lowest BCUT2D eigenvalue weighted by atomic mass is 10.3. The summed E-state index contributed by atoms with van der Waals surface area (Å²) in [5.74, 6) is 0.831. The van der Waals surface area contributed by atoms with Gasteiger partial charge in [-0.05, 0) is 36.4 Å². The number of thioether (sulfide) groups is 1. The zero-order chi connectivity index (χ0) is 14.2. The number of halogens is 1. The highest BCUT2D eigenvalue weighted by Crippen LogP contribution is 2.16. The lowest BCUT2D eigenvalue weighted by molar-refractivity contribution is 0.252. The van der Waals surface area contributed by atoms with Crippen molar-refractivity contribution >= 4 is 35.1 Å². The molecule has 2 aromatic rings. The first-order chi connectivity index (χ1) is 9.74. The summed E-state index contributed by atoms with van der Waals surface area (Å²) in [5.41, 5.74) is 0.725. The molecule has 0 aliphatic carbocycles. The summed E-state index contributed by atoms with van der Waals surface area (Å²) in [4.78, 5) is 12.8. The number of carbonyl (C=O) groups is 1. The maximum Gasteiger partial charge on any atom is 0.319 e. The number of urea groups is 1. The second-order valence-electron chi connectivity index (χ2n) is 4.05. The van der Waals surface area contributed by atoms with Crippen LogP contribution >= 0.6 is 23.4 Å². The molecule has 3 nitrogen and oxygen atoms in total. The Morgan fingerprint density at radius 3 is 2.45 bits per heavy atom. The van der Waals surface area contributed by atoms with E-state index in [-0.39, 0.29) is 6.03 Å². The SMILES string of the molecule is O=C(NCCSc1ccccc1)Nc1ccc(Cl)cc1. The molecule has 0 heterocycles. The van der Waals surface area contributed by atoms with E-state index in [4.69, 9.17) is 11.6 Å². The van der Waals surface area contributed by atoms with Crippen LogP contribution in [0.5, 0.6) is 0 Å². The minimum absolute atomic E-state index is 0.207. The molecule has 0 aliphatic rings. The average Bonchev–Trinajstić information content (AvgIpc) is 2.47. The smallest absolute Gasteiger partial charge is 0.319 e. The molecule has 0 saturated heterocycles. The van der Waals surface area contributed by atoms with Gasteiger partial charge in [-0.15, -0.1) is 11.8 Å². The van der Waals surface area contributed by atoms with Crippen LogP contribution in [-0.4, -0.2) is 18.3 Å². The third-order valence-electron chi connectivity index (χ3n) is 2.50. The topological polar surface area (TPSA) is 41.1 Å². The summed E-state index contributed by atoms with van der Waals surface area (Å²) in [6.45, 7) is 0.610. The van der Waals surface area contributed by atoms with E-state index < -0.39 is 0 Å². The first kappa shape index (κ1) is 14.8. The number of anilines is 1. The number of carbonyl (C=O) groups excluding carboxylic acids is 1. The normalized spacial score (nSPS) is 10.1. The van der Waals surface area contributed by atoms with E-state index >= 15 is 0 Å². The molecule has 2 aromatic carbocycles. The van der Waals surface area contributed by atoms with Crippen molar-refractivity contribution in [3.05, 3.63) is 59.6 Å². The van der Waals surface area contributed by atoms with E-state index in [1.54, 1.807) is 36.0 Å². The Morgan fingerprint density at radius 2 is 1.75 bits per heavy atom. The zero-order valence-electron chi connectivity index (χ0n) is 10.8. The molecule has 0 atom stereocenters. The first-order valence-corrected chi connectivity index (χ1v) is 7.59. The summed E-state index contributed by atoms with van der Waals surface area (Å²) < 4.78 is 0. The fraction of sp³-hybridized carbons (Fsp3) is 0.133. The standard InChI is InChI=1S/C15H15ClN2OS/c16-12-6-8-13(9-7-12)18-15(19)17-10-11-20-14-4-2-1-3-5-14/h1-9H,10-11H2,(H2,17,18,19). The third-order valence-corrected chi connectivity index (χ3v) is 3.77. The molecule has 0 spiro atoms. The fourth-order valence-corrected chi connectivity index (χ4v) is 2.47. The Morgan fingerprint density at radius 1 is 1.05 bits per heavy atom.